The van der Waals surface area contributed by atoms with Gasteiger partial charge in [-0.2, -0.15) is 0 Å². The first-order valence-corrected chi connectivity index (χ1v) is 11.0. The molecule has 0 bridgehead atoms. The minimum atomic E-state index is -0.948. The molecular formula is C25H48N2O9. The van der Waals surface area contributed by atoms with Crippen LogP contribution in [0.5, 0.6) is 0 Å². The minimum absolute atomic E-state index is 0. The maximum atomic E-state index is 10.8. The molecule has 1 rings (SSSR count). The quantitative estimate of drug-likeness (QED) is 0.406. The highest BCUT2D eigenvalue weighted by atomic mass is 16.4. The molecule has 3 N–H and O–H groups in total. The molecule has 0 radical (unpaired) electrons. The molecule has 3 amide bonds. The number of nitrogens with one attached hydrogen (secondary N) is 1. The highest BCUT2D eigenvalue weighted by molar-refractivity contribution is 6.02. The van der Waals surface area contributed by atoms with Gasteiger partial charge in [-0.05, 0) is 6.92 Å². The van der Waals surface area contributed by atoms with Crippen molar-refractivity contribution in [2.75, 3.05) is 14.1 Å². The van der Waals surface area contributed by atoms with Crippen molar-refractivity contribution in [3.05, 3.63) is 0 Å². The summed E-state index contributed by atoms with van der Waals surface area (Å²) in [5.74, 6) is -3.01. The van der Waals surface area contributed by atoms with Crippen molar-refractivity contribution < 1.29 is 43.8 Å². The smallest absolute Gasteiger partial charge is 0.306 e. The summed E-state index contributed by atoms with van der Waals surface area (Å²) in [6.07, 6.45) is 1.53. The zero-order valence-electron chi connectivity index (χ0n) is 21.5. The summed E-state index contributed by atoms with van der Waals surface area (Å²) in [5.41, 5.74) is 0. The van der Waals surface area contributed by atoms with E-state index in [1.54, 1.807) is 27.7 Å². The molecule has 0 aromatic carbocycles. The Labute approximate surface area is 216 Å². The Morgan fingerprint density at radius 1 is 0.972 bits per heavy atom. The molecule has 11 heteroatoms. The molecule has 36 heavy (non-hydrogen) atoms. The van der Waals surface area contributed by atoms with Crippen molar-refractivity contribution in [1.29, 1.82) is 0 Å². The molecule has 1 saturated heterocycles. The van der Waals surface area contributed by atoms with Gasteiger partial charge in [0.15, 0.2) is 0 Å². The predicted octanol–water partition coefficient (Wildman–Crippen LogP) is 3.19. The predicted molar refractivity (Wildman–Crippen MR) is 138 cm³/mol. The van der Waals surface area contributed by atoms with Crippen molar-refractivity contribution in [3.8, 4) is 0 Å². The van der Waals surface area contributed by atoms with Gasteiger partial charge in [0.1, 0.15) is 11.6 Å². The van der Waals surface area contributed by atoms with Crippen molar-refractivity contribution in [3.63, 3.8) is 0 Å². The van der Waals surface area contributed by atoms with Crippen LogP contribution in [0.1, 0.15) is 88.5 Å². The molecule has 0 aromatic rings. The van der Waals surface area contributed by atoms with Crippen LogP contribution in [0.2, 0.25) is 0 Å². The van der Waals surface area contributed by atoms with E-state index >= 15 is 0 Å². The number of nitrogens with zero attached hydrogens (tertiary/aromatic N) is 1. The lowest BCUT2D eigenvalue weighted by atomic mass is 10.0. The summed E-state index contributed by atoms with van der Waals surface area (Å²) in [4.78, 5) is 74.1. The van der Waals surface area contributed by atoms with Gasteiger partial charge in [-0.1, -0.05) is 49.5 Å². The van der Waals surface area contributed by atoms with E-state index in [1.807, 2.05) is 6.92 Å². The normalized spacial score (nSPS) is 14.9. The van der Waals surface area contributed by atoms with Gasteiger partial charge < -0.3 is 20.3 Å². The van der Waals surface area contributed by atoms with Gasteiger partial charge in [0, 0.05) is 51.6 Å². The Balaban J connectivity index is -0.000000119. The van der Waals surface area contributed by atoms with Gasteiger partial charge >= 0.3 is 11.9 Å². The fourth-order valence-electron chi connectivity index (χ4n) is 2.11. The SMILES string of the molecule is C.C.CC1CC(=O)N(C)C1=O.CCC(=O)CC(C)C(=O)O.CCC(C)=O.CNC(=O)C(C)CC(=O)O. The molecule has 212 valence electrons. The molecule has 11 nitrogen and oxygen atoms in total. The number of carbonyl (C=O) groups excluding carboxylic acids is 5. The first-order valence-electron chi connectivity index (χ1n) is 11.0. The number of rotatable bonds is 8. The summed E-state index contributed by atoms with van der Waals surface area (Å²) in [5, 5.41) is 19.0. The van der Waals surface area contributed by atoms with Crippen LogP contribution in [0.3, 0.4) is 0 Å². The number of Topliss-reactive ketones (excluding diaryl/α,β-unsaturated/α-hetero) is 2. The van der Waals surface area contributed by atoms with Crippen LogP contribution in [0.15, 0.2) is 0 Å². The molecule has 0 aliphatic carbocycles. The first-order chi connectivity index (χ1) is 15.5. The Morgan fingerprint density at radius 3 is 1.61 bits per heavy atom. The third-order valence-electron chi connectivity index (χ3n) is 4.63. The van der Waals surface area contributed by atoms with E-state index in [0.29, 0.717) is 19.3 Å². The van der Waals surface area contributed by atoms with Crippen LogP contribution < -0.4 is 5.32 Å². The number of amides is 3. The van der Waals surface area contributed by atoms with Crippen LogP contribution in [0.4, 0.5) is 0 Å². The Morgan fingerprint density at radius 2 is 1.42 bits per heavy atom. The summed E-state index contributed by atoms with van der Waals surface area (Å²) < 4.78 is 0. The third kappa shape index (κ3) is 22.7. The second-order valence-electron chi connectivity index (χ2n) is 7.90. The Bertz CT molecular complexity index is 720. The van der Waals surface area contributed by atoms with E-state index in [2.05, 4.69) is 5.32 Å². The van der Waals surface area contributed by atoms with E-state index < -0.39 is 23.8 Å². The fourth-order valence-corrected chi connectivity index (χ4v) is 2.11. The van der Waals surface area contributed by atoms with Crippen LogP contribution in [-0.2, 0) is 33.6 Å². The number of carboxylic acid groups (broad SMARTS) is 2. The van der Waals surface area contributed by atoms with Crippen molar-refractivity contribution in [1.82, 2.24) is 10.2 Å². The van der Waals surface area contributed by atoms with Crippen LogP contribution in [0.25, 0.3) is 0 Å². The fraction of sp³-hybridized carbons (Fsp3) is 0.720. The number of aliphatic carboxylic acids is 2. The topological polar surface area (TPSA) is 175 Å². The van der Waals surface area contributed by atoms with Gasteiger partial charge in [0.25, 0.3) is 0 Å². The molecule has 0 aromatic heterocycles. The highest BCUT2D eigenvalue weighted by Gasteiger charge is 2.32. The molecule has 0 spiro atoms. The van der Waals surface area contributed by atoms with Crippen molar-refractivity contribution in [2.24, 2.45) is 17.8 Å². The molecule has 3 unspecified atom stereocenters. The van der Waals surface area contributed by atoms with Gasteiger partial charge in [0.05, 0.1) is 12.3 Å². The standard InChI is InChI=1S/C7H12O3.C6H11NO3.C6H9NO2.C4H8O.2CH4/c1-3-6(8)4-5(2)7(9)10;1-4(3-5(8)9)6(10)7-2;1-4-3-5(8)7(2)6(4)9;1-3-4(2)5;;/h5H,3-4H2,1-2H3,(H,9,10);4H,3H2,1-2H3,(H,7,10)(H,8,9);4H,3H2,1-2H3;3H2,1-2H3;2*1H4. The number of ketones is 2. The zero-order chi connectivity index (χ0) is 27.6. The number of hydrogen-bond donors (Lipinski definition) is 3. The molecule has 1 fully saturated rings. The Kier molecular flexibility index (Phi) is 28.2. The molecular weight excluding hydrogens is 472 g/mol. The van der Waals surface area contributed by atoms with Crippen LogP contribution in [-0.4, -0.2) is 70.4 Å². The lowest BCUT2D eigenvalue weighted by Gasteiger charge is -2.04. The van der Waals surface area contributed by atoms with E-state index in [-0.39, 0.29) is 62.9 Å². The van der Waals surface area contributed by atoms with E-state index in [9.17, 15) is 33.6 Å². The third-order valence-corrected chi connectivity index (χ3v) is 4.63. The van der Waals surface area contributed by atoms with E-state index in [1.165, 1.54) is 25.9 Å². The van der Waals surface area contributed by atoms with Gasteiger partial charge in [-0.3, -0.25) is 33.7 Å². The lowest BCUT2D eigenvalue weighted by molar-refractivity contribution is -0.143. The average Bonchev–Trinajstić information content (AvgIpc) is 2.98. The largest absolute Gasteiger partial charge is 0.481 e. The number of carboxylic acids is 2. The monoisotopic (exact) mass is 520 g/mol. The maximum absolute atomic E-state index is 10.8. The Hall–Kier alpha value is -3.11. The highest BCUT2D eigenvalue weighted by Crippen LogP contribution is 2.15. The average molecular weight is 521 g/mol. The lowest BCUT2D eigenvalue weighted by Crippen LogP contribution is -2.26. The van der Waals surface area contributed by atoms with Crippen molar-refractivity contribution in [2.45, 2.75) is 88.5 Å². The molecule has 0 saturated carbocycles. The summed E-state index contributed by atoms with van der Waals surface area (Å²) in [7, 11) is 3.01. The maximum Gasteiger partial charge on any atom is 0.306 e. The number of hydrogen-bond acceptors (Lipinski definition) is 7. The minimum Gasteiger partial charge on any atom is -0.481 e. The van der Waals surface area contributed by atoms with Crippen LogP contribution in [0, 0.1) is 17.8 Å². The van der Waals surface area contributed by atoms with Gasteiger partial charge in [-0.25, -0.2) is 0 Å². The number of imide groups is 1. The van der Waals surface area contributed by atoms with E-state index in [4.69, 9.17) is 10.2 Å². The van der Waals surface area contributed by atoms with Gasteiger partial charge in [0.2, 0.25) is 17.7 Å². The molecule has 1 aliphatic rings. The van der Waals surface area contributed by atoms with Crippen molar-refractivity contribution >= 4 is 41.2 Å². The number of carbonyl (C=O) groups is 7. The summed E-state index contributed by atoms with van der Waals surface area (Å²) in [6.45, 7) is 10.0. The summed E-state index contributed by atoms with van der Waals surface area (Å²) >= 11 is 0. The molecule has 1 aliphatic heterocycles. The van der Waals surface area contributed by atoms with Crippen LogP contribution >= 0.6 is 0 Å². The second kappa shape index (κ2) is 23.6. The first kappa shape index (κ1) is 43.0. The zero-order valence-corrected chi connectivity index (χ0v) is 21.5. The second-order valence-corrected chi connectivity index (χ2v) is 7.90. The van der Waals surface area contributed by atoms with Gasteiger partial charge in [-0.15, -0.1) is 0 Å². The number of likely N-dealkylation sites (tertiary alicyclic amines) is 1. The summed E-state index contributed by atoms with van der Waals surface area (Å²) in [6, 6.07) is 0. The van der Waals surface area contributed by atoms with E-state index in [0.717, 1.165) is 0 Å². The molecule has 1 heterocycles. The molecule has 3 atom stereocenters.